The highest BCUT2D eigenvalue weighted by molar-refractivity contribution is 5.78. The second-order valence-corrected chi connectivity index (χ2v) is 6.26. The Kier molecular flexibility index (Phi) is 4.96. The highest BCUT2D eigenvalue weighted by atomic mass is 14.1. The molecule has 0 aliphatic heterocycles. The Morgan fingerprint density at radius 1 is 0.750 bits per heavy atom. The Morgan fingerprint density at radius 2 is 1.50 bits per heavy atom. The van der Waals surface area contributed by atoms with Gasteiger partial charge in [-0.25, -0.2) is 0 Å². The van der Waals surface area contributed by atoms with Crippen molar-refractivity contribution >= 4 is 12.2 Å². The molecule has 0 unspecified atom stereocenters. The minimum Gasteiger partial charge on any atom is -0.0622 e. The summed E-state index contributed by atoms with van der Waals surface area (Å²) in [5.74, 6) is 0. The normalized spacial score (nSPS) is 11.1. The minimum atomic E-state index is 1.09. The lowest BCUT2D eigenvalue weighted by atomic mass is 9.95. The molecule has 0 aromatic heterocycles. The van der Waals surface area contributed by atoms with Crippen LogP contribution in [0.15, 0.2) is 66.7 Å². The molecule has 0 amide bonds. The fourth-order valence-corrected chi connectivity index (χ4v) is 3.09. The molecule has 120 valence electrons. The van der Waals surface area contributed by atoms with E-state index >= 15 is 0 Å². The van der Waals surface area contributed by atoms with E-state index in [0.717, 1.165) is 6.42 Å². The van der Waals surface area contributed by atoms with Crippen LogP contribution in [-0.4, -0.2) is 0 Å². The quantitative estimate of drug-likeness (QED) is 0.470. The number of benzene rings is 3. The Morgan fingerprint density at radius 3 is 2.21 bits per heavy atom. The van der Waals surface area contributed by atoms with E-state index in [1.807, 2.05) is 0 Å². The van der Waals surface area contributed by atoms with Crippen LogP contribution in [0.25, 0.3) is 23.3 Å². The first-order valence-corrected chi connectivity index (χ1v) is 8.61. The fourth-order valence-electron chi connectivity index (χ4n) is 3.09. The van der Waals surface area contributed by atoms with Crippen molar-refractivity contribution < 1.29 is 0 Å². The molecule has 0 N–H and O–H groups in total. The average molecular weight is 312 g/mol. The van der Waals surface area contributed by atoms with E-state index in [1.165, 1.54) is 38.9 Å². The van der Waals surface area contributed by atoms with E-state index in [9.17, 15) is 0 Å². The first-order chi connectivity index (χ1) is 11.7. The summed E-state index contributed by atoms with van der Waals surface area (Å²) in [5.41, 5.74) is 9.19. The van der Waals surface area contributed by atoms with Gasteiger partial charge in [0, 0.05) is 0 Å². The molecular formula is C24H24. The number of hydrogen-bond acceptors (Lipinski definition) is 0. The lowest BCUT2D eigenvalue weighted by Crippen LogP contribution is -1.88. The molecule has 0 aliphatic carbocycles. The minimum absolute atomic E-state index is 1.09. The molecule has 0 spiro atoms. The molecule has 0 aliphatic rings. The third-order valence-corrected chi connectivity index (χ3v) is 4.65. The van der Waals surface area contributed by atoms with Crippen LogP contribution in [-0.2, 0) is 6.42 Å². The van der Waals surface area contributed by atoms with E-state index in [1.54, 1.807) is 0 Å². The summed E-state index contributed by atoms with van der Waals surface area (Å²) in [6.45, 7) is 6.59. The van der Waals surface area contributed by atoms with E-state index < -0.39 is 0 Å². The zero-order valence-electron chi connectivity index (χ0n) is 14.7. The molecule has 3 rings (SSSR count). The van der Waals surface area contributed by atoms with Crippen LogP contribution in [0, 0.1) is 13.8 Å². The predicted molar refractivity (Wildman–Crippen MR) is 106 cm³/mol. The summed E-state index contributed by atoms with van der Waals surface area (Å²) in [5, 5.41) is 0. The summed E-state index contributed by atoms with van der Waals surface area (Å²) < 4.78 is 0. The van der Waals surface area contributed by atoms with Crippen molar-refractivity contribution in [3.63, 3.8) is 0 Å². The lowest BCUT2D eigenvalue weighted by Gasteiger charge is -2.09. The van der Waals surface area contributed by atoms with Crippen LogP contribution in [0.3, 0.4) is 0 Å². The Labute approximate surface area is 145 Å². The maximum atomic E-state index is 2.28. The SMILES string of the molecule is CCc1ccc(/C=C/c2cccc(-c3ccccc3)c2C)c(C)c1. The Bertz CT molecular complexity index is 854. The third kappa shape index (κ3) is 3.49. The van der Waals surface area contributed by atoms with Crippen LogP contribution in [0.4, 0.5) is 0 Å². The first kappa shape index (κ1) is 16.3. The molecule has 3 aromatic rings. The maximum absolute atomic E-state index is 2.28. The monoisotopic (exact) mass is 312 g/mol. The highest BCUT2D eigenvalue weighted by Crippen LogP contribution is 2.27. The van der Waals surface area contributed by atoms with Crippen molar-refractivity contribution in [1.82, 2.24) is 0 Å². The zero-order valence-corrected chi connectivity index (χ0v) is 14.7. The predicted octanol–water partition coefficient (Wildman–Crippen LogP) is 6.70. The molecule has 0 saturated carbocycles. The molecule has 0 heterocycles. The summed E-state index contributed by atoms with van der Waals surface area (Å²) in [6, 6.07) is 23.8. The van der Waals surface area contributed by atoms with Crippen LogP contribution in [0.1, 0.15) is 34.7 Å². The number of aryl methyl sites for hydroxylation is 2. The van der Waals surface area contributed by atoms with Gasteiger partial charge in [0.2, 0.25) is 0 Å². The van der Waals surface area contributed by atoms with Gasteiger partial charge in [0.25, 0.3) is 0 Å². The molecule has 0 saturated heterocycles. The molecular weight excluding hydrogens is 288 g/mol. The van der Waals surface area contributed by atoms with Crippen molar-refractivity contribution in [2.24, 2.45) is 0 Å². The lowest BCUT2D eigenvalue weighted by molar-refractivity contribution is 1.13. The van der Waals surface area contributed by atoms with Gasteiger partial charge in [0.1, 0.15) is 0 Å². The van der Waals surface area contributed by atoms with Gasteiger partial charge in [-0.05, 0) is 59.2 Å². The van der Waals surface area contributed by atoms with Gasteiger partial charge in [-0.2, -0.15) is 0 Å². The van der Waals surface area contributed by atoms with Crippen molar-refractivity contribution in [2.45, 2.75) is 27.2 Å². The molecule has 0 fully saturated rings. The van der Waals surface area contributed by atoms with Crippen molar-refractivity contribution in [3.05, 3.63) is 94.5 Å². The standard InChI is InChI=1S/C24H24/c1-4-20-13-14-21(18(2)17-20)15-16-22-11-8-12-24(19(22)3)23-9-6-5-7-10-23/h5-17H,4H2,1-3H3/b16-15+. The van der Waals surface area contributed by atoms with Gasteiger partial charge >= 0.3 is 0 Å². The molecule has 0 nitrogen and oxygen atoms in total. The molecule has 0 bridgehead atoms. The first-order valence-electron chi connectivity index (χ1n) is 8.61. The van der Waals surface area contributed by atoms with Crippen LogP contribution < -0.4 is 0 Å². The van der Waals surface area contributed by atoms with Gasteiger partial charge in [-0.15, -0.1) is 0 Å². The number of rotatable bonds is 4. The summed E-state index contributed by atoms with van der Waals surface area (Å²) >= 11 is 0. The average Bonchev–Trinajstić information content (AvgIpc) is 2.62. The van der Waals surface area contributed by atoms with E-state index in [4.69, 9.17) is 0 Å². The summed E-state index contributed by atoms with van der Waals surface area (Å²) in [4.78, 5) is 0. The fraction of sp³-hybridized carbons (Fsp3) is 0.167. The maximum Gasteiger partial charge on any atom is -0.0149 e. The second kappa shape index (κ2) is 7.31. The van der Waals surface area contributed by atoms with Gasteiger partial charge in [-0.3, -0.25) is 0 Å². The zero-order chi connectivity index (χ0) is 16.9. The van der Waals surface area contributed by atoms with Crippen LogP contribution >= 0.6 is 0 Å². The van der Waals surface area contributed by atoms with Gasteiger partial charge < -0.3 is 0 Å². The van der Waals surface area contributed by atoms with Crippen molar-refractivity contribution in [1.29, 1.82) is 0 Å². The Balaban J connectivity index is 1.94. The summed E-state index contributed by atoms with van der Waals surface area (Å²) in [6.07, 6.45) is 5.55. The summed E-state index contributed by atoms with van der Waals surface area (Å²) in [7, 11) is 0. The molecule has 3 aromatic carbocycles. The molecule has 0 heteroatoms. The topological polar surface area (TPSA) is 0 Å². The highest BCUT2D eigenvalue weighted by Gasteiger charge is 2.04. The molecule has 24 heavy (non-hydrogen) atoms. The smallest absolute Gasteiger partial charge is 0.0149 e. The van der Waals surface area contributed by atoms with Gasteiger partial charge in [0.15, 0.2) is 0 Å². The largest absolute Gasteiger partial charge is 0.0622 e. The Hall–Kier alpha value is -2.60. The molecule has 0 atom stereocenters. The van der Waals surface area contributed by atoms with Crippen LogP contribution in [0.5, 0.6) is 0 Å². The third-order valence-electron chi connectivity index (χ3n) is 4.65. The number of hydrogen-bond donors (Lipinski definition) is 0. The van der Waals surface area contributed by atoms with E-state index in [0.29, 0.717) is 0 Å². The van der Waals surface area contributed by atoms with Crippen molar-refractivity contribution in [3.8, 4) is 11.1 Å². The van der Waals surface area contributed by atoms with E-state index in [2.05, 4.69) is 99.7 Å². The van der Waals surface area contributed by atoms with Crippen molar-refractivity contribution in [2.75, 3.05) is 0 Å². The van der Waals surface area contributed by atoms with Crippen LogP contribution in [0.2, 0.25) is 0 Å². The van der Waals surface area contributed by atoms with Gasteiger partial charge in [-0.1, -0.05) is 85.8 Å². The van der Waals surface area contributed by atoms with Gasteiger partial charge in [0.05, 0.1) is 0 Å². The second-order valence-electron chi connectivity index (χ2n) is 6.26. The molecule has 0 radical (unpaired) electrons. The van der Waals surface area contributed by atoms with E-state index in [-0.39, 0.29) is 0 Å².